The molecule has 1 atom stereocenters. The minimum atomic E-state index is -1.36. The summed E-state index contributed by atoms with van der Waals surface area (Å²) in [4.78, 5) is 10.6. The molecule has 1 aliphatic rings. The van der Waals surface area contributed by atoms with Gasteiger partial charge >= 0.3 is 0 Å². The molecule has 2 aromatic heterocycles. The van der Waals surface area contributed by atoms with E-state index in [0.717, 1.165) is 0 Å². The Bertz CT molecular complexity index is 994. The fourth-order valence-corrected chi connectivity index (χ4v) is 4.39. The zero-order chi connectivity index (χ0) is 20.3. The number of aliphatic imine (C=N–C) groups is 1. The van der Waals surface area contributed by atoms with Crippen molar-refractivity contribution in [2.24, 2.45) is 4.99 Å². The second-order valence-electron chi connectivity index (χ2n) is 6.44. The summed E-state index contributed by atoms with van der Waals surface area (Å²) in [5.74, 6) is 2.29. The average Bonchev–Trinajstić information content (AvgIpc) is 3.38. The average molecular weight is 411 g/mol. The number of aliphatic hydroxyl groups is 1. The Kier molecular flexibility index (Phi) is 5.46. The lowest BCUT2D eigenvalue weighted by Crippen LogP contribution is -2.44. The fourth-order valence-electron chi connectivity index (χ4n) is 3.21. The fraction of sp³-hybridized carbons (Fsp3) is 0.238. The highest BCUT2D eigenvalue weighted by Crippen LogP contribution is 2.45. The van der Waals surface area contributed by atoms with Crippen molar-refractivity contribution in [1.82, 2.24) is 9.88 Å². The van der Waals surface area contributed by atoms with Crippen LogP contribution in [0.25, 0.3) is 0 Å². The molecule has 0 aliphatic carbocycles. The molecule has 1 fully saturated rings. The largest absolute Gasteiger partial charge is 0.497 e. The molecule has 0 bridgehead atoms. The van der Waals surface area contributed by atoms with E-state index in [-0.39, 0.29) is 0 Å². The smallest absolute Gasteiger partial charge is 0.179 e. The van der Waals surface area contributed by atoms with Gasteiger partial charge in [-0.05, 0) is 42.5 Å². The standard InChI is InChI=1S/C21H21N3O4S/c1-26-16-7-8-19(27-2)18(11-16)21(25)14-29-20(23-15-5-3-9-22-12-15)24(21)13-17-6-4-10-28-17/h3-12,25H,13-14H2,1-2H3/t21-/m0/s1. The van der Waals surface area contributed by atoms with Gasteiger partial charge in [0.25, 0.3) is 0 Å². The Morgan fingerprint density at radius 1 is 1.24 bits per heavy atom. The van der Waals surface area contributed by atoms with Crippen LogP contribution in [-0.4, -0.2) is 40.1 Å². The summed E-state index contributed by atoms with van der Waals surface area (Å²) >= 11 is 1.46. The topological polar surface area (TPSA) is 80.3 Å². The normalized spacial score (nSPS) is 20.2. The van der Waals surface area contributed by atoms with Crippen LogP contribution in [0.4, 0.5) is 5.69 Å². The second kappa shape index (κ2) is 8.18. The number of benzene rings is 1. The predicted octanol–water partition coefficient (Wildman–Crippen LogP) is 3.77. The number of pyridine rings is 1. The third kappa shape index (κ3) is 3.81. The lowest BCUT2D eigenvalue weighted by molar-refractivity contribution is -0.0560. The van der Waals surface area contributed by atoms with E-state index in [1.807, 2.05) is 29.2 Å². The Labute approximate surface area is 173 Å². The molecule has 150 valence electrons. The Balaban J connectivity index is 1.80. The van der Waals surface area contributed by atoms with E-state index in [1.165, 1.54) is 11.8 Å². The quantitative estimate of drug-likeness (QED) is 0.661. The number of methoxy groups -OCH3 is 2. The number of thioether (sulfide) groups is 1. The lowest BCUT2D eigenvalue weighted by Gasteiger charge is -2.35. The summed E-state index contributed by atoms with van der Waals surface area (Å²) in [5, 5.41) is 12.5. The summed E-state index contributed by atoms with van der Waals surface area (Å²) in [7, 11) is 3.17. The maximum atomic E-state index is 11.8. The summed E-state index contributed by atoms with van der Waals surface area (Å²) in [5.41, 5.74) is -0.0469. The van der Waals surface area contributed by atoms with Gasteiger partial charge < -0.3 is 23.9 Å². The number of hydrogen-bond acceptors (Lipinski definition) is 7. The van der Waals surface area contributed by atoms with Crippen LogP contribution < -0.4 is 9.47 Å². The molecule has 3 heterocycles. The molecular formula is C21H21N3O4S. The first-order valence-corrected chi connectivity index (χ1v) is 9.99. The third-order valence-corrected chi connectivity index (χ3v) is 5.80. The maximum absolute atomic E-state index is 11.8. The Hall–Kier alpha value is -2.97. The number of aromatic nitrogens is 1. The van der Waals surface area contributed by atoms with Crippen LogP contribution in [0.1, 0.15) is 11.3 Å². The lowest BCUT2D eigenvalue weighted by atomic mass is 10.0. The first kappa shape index (κ1) is 19.4. The van der Waals surface area contributed by atoms with Crippen molar-refractivity contribution in [2.75, 3.05) is 20.0 Å². The number of furan rings is 1. The van der Waals surface area contributed by atoms with Crippen LogP contribution in [-0.2, 0) is 12.3 Å². The molecule has 29 heavy (non-hydrogen) atoms. The molecule has 0 amide bonds. The maximum Gasteiger partial charge on any atom is 0.179 e. The molecule has 1 N–H and O–H groups in total. The van der Waals surface area contributed by atoms with E-state index in [2.05, 4.69) is 4.98 Å². The van der Waals surface area contributed by atoms with Gasteiger partial charge in [0.15, 0.2) is 10.9 Å². The van der Waals surface area contributed by atoms with Gasteiger partial charge in [0.1, 0.15) is 17.3 Å². The molecule has 0 radical (unpaired) electrons. The molecule has 7 nitrogen and oxygen atoms in total. The summed E-state index contributed by atoms with van der Waals surface area (Å²) < 4.78 is 16.4. The van der Waals surface area contributed by atoms with Crippen LogP contribution >= 0.6 is 11.8 Å². The van der Waals surface area contributed by atoms with Crippen molar-refractivity contribution < 1.29 is 19.0 Å². The summed E-state index contributed by atoms with van der Waals surface area (Å²) in [6, 6.07) is 12.8. The summed E-state index contributed by atoms with van der Waals surface area (Å²) in [6.45, 7) is 0.343. The van der Waals surface area contributed by atoms with E-state index in [9.17, 15) is 5.11 Å². The SMILES string of the molecule is COc1ccc(OC)c([C@@]2(O)CSC(=Nc3cccnc3)N2Cc2ccco2)c1. The zero-order valence-corrected chi connectivity index (χ0v) is 16.9. The number of rotatable bonds is 6. The highest BCUT2D eigenvalue weighted by atomic mass is 32.2. The minimum Gasteiger partial charge on any atom is -0.497 e. The predicted molar refractivity (Wildman–Crippen MR) is 111 cm³/mol. The highest BCUT2D eigenvalue weighted by Gasteiger charge is 2.47. The van der Waals surface area contributed by atoms with Gasteiger partial charge in [-0.25, -0.2) is 4.99 Å². The number of amidine groups is 1. The monoisotopic (exact) mass is 411 g/mol. The molecule has 1 aliphatic heterocycles. The van der Waals surface area contributed by atoms with E-state index in [4.69, 9.17) is 18.9 Å². The van der Waals surface area contributed by atoms with Crippen LogP contribution in [0.5, 0.6) is 11.5 Å². The first-order chi connectivity index (χ1) is 14.1. The van der Waals surface area contributed by atoms with E-state index < -0.39 is 5.72 Å². The van der Waals surface area contributed by atoms with Gasteiger partial charge in [-0.15, -0.1) is 0 Å². The van der Waals surface area contributed by atoms with E-state index >= 15 is 0 Å². The highest BCUT2D eigenvalue weighted by molar-refractivity contribution is 8.14. The number of hydrogen-bond donors (Lipinski definition) is 1. The number of ether oxygens (including phenoxy) is 2. The van der Waals surface area contributed by atoms with Gasteiger partial charge in [0.2, 0.25) is 0 Å². The third-order valence-electron chi connectivity index (χ3n) is 4.68. The molecular weight excluding hydrogens is 390 g/mol. The molecule has 0 spiro atoms. The molecule has 1 aromatic carbocycles. The van der Waals surface area contributed by atoms with Crippen LogP contribution in [0.3, 0.4) is 0 Å². The van der Waals surface area contributed by atoms with Gasteiger partial charge in [-0.2, -0.15) is 0 Å². The molecule has 1 saturated heterocycles. The van der Waals surface area contributed by atoms with Crippen molar-refractivity contribution in [3.05, 3.63) is 72.4 Å². The van der Waals surface area contributed by atoms with Crippen LogP contribution in [0.2, 0.25) is 0 Å². The van der Waals surface area contributed by atoms with Crippen molar-refractivity contribution in [3.8, 4) is 11.5 Å². The second-order valence-corrected chi connectivity index (χ2v) is 7.39. The van der Waals surface area contributed by atoms with E-state index in [0.29, 0.717) is 46.0 Å². The Morgan fingerprint density at radius 3 is 2.83 bits per heavy atom. The zero-order valence-electron chi connectivity index (χ0n) is 16.1. The Morgan fingerprint density at radius 2 is 2.14 bits per heavy atom. The van der Waals surface area contributed by atoms with E-state index in [1.54, 1.807) is 51.1 Å². The molecule has 0 saturated carbocycles. The van der Waals surface area contributed by atoms with Crippen molar-refractivity contribution >= 4 is 22.6 Å². The van der Waals surface area contributed by atoms with Gasteiger partial charge in [0.05, 0.1) is 50.2 Å². The first-order valence-electron chi connectivity index (χ1n) is 9.00. The molecule has 8 heteroatoms. The molecule has 0 unspecified atom stereocenters. The van der Waals surface area contributed by atoms with Crippen molar-refractivity contribution in [3.63, 3.8) is 0 Å². The van der Waals surface area contributed by atoms with Crippen molar-refractivity contribution in [2.45, 2.75) is 12.3 Å². The van der Waals surface area contributed by atoms with Crippen molar-refractivity contribution in [1.29, 1.82) is 0 Å². The van der Waals surface area contributed by atoms with Gasteiger partial charge in [-0.1, -0.05) is 11.8 Å². The summed E-state index contributed by atoms with van der Waals surface area (Å²) in [6.07, 6.45) is 4.99. The minimum absolute atomic E-state index is 0.343. The molecule has 3 aromatic rings. The van der Waals surface area contributed by atoms with Gasteiger partial charge in [0, 0.05) is 6.20 Å². The van der Waals surface area contributed by atoms with Gasteiger partial charge in [-0.3, -0.25) is 4.98 Å². The van der Waals surface area contributed by atoms with Crippen LogP contribution in [0.15, 0.2) is 70.5 Å². The van der Waals surface area contributed by atoms with Crippen LogP contribution in [0, 0.1) is 0 Å². The number of nitrogens with zero attached hydrogens (tertiary/aromatic N) is 3. The molecule has 4 rings (SSSR count).